The third-order valence-corrected chi connectivity index (χ3v) is 3.50. The predicted octanol–water partition coefficient (Wildman–Crippen LogP) is 1.19. The number of nitrogens with two attached hydrogens (primary N) is 1. The van der Waals surface area contributed by atoms with Crippen LogP contribution in [0, 0.1) is 0 Å². The molecule has 1 heterocycles. The van der Waals surface area contributed by atoms with E-state index in [9.17, 15) is 9.90 Å². The fourth-order valence-corrected chi connectivity index (χ4v) is 2.17. The van der Waals surface area contributed by atoms with Gasteiger partial charge >= 0.3 is 0 Å². The molecule has 1 aromatic rings. The zero-order chi connectivity index (χ0) is 13.9. The quantitative estimate of drug-likeness (QED) is 0.728. The van der Waals surface area contributed by atoms with Crippen molar-refractivity contribution in [3.05, 3.63) is 28.8 Å². The summed E-state index contributed by atoms with van der Waals surface area (Å²) in [6, 6.07) is 4.72. The van der Waals surface area contributed by atoms with Gasteiger partial charge in [0.2, 0.25) is 0 Å². The Labute approximate surface area is 116 Å². The van der Waals surface area contributed by atoms with Gasteiger partial charge in [-0.25, -0.2) is 0 Å². The molecule has 1 fully saturated rings. The van der Waals surface area contributed by atoms with Crippen LogP contribution in [0.15, 0.2) is 18.2 Å². The van der Waals surface area contributed by atoms with Crippen LogP contribution in [0.1, 0.15) is 23.2 Å². The minimum atomic E-state index is -0.902. The van der Waals surface area contributed by atoms with Gasteiger partial charge in [-0.2, -0.15) is 0 Å². The molecule has 2 rings (SSSR count). The third-order valence-electron chi connectivity index (χ3n) is 3.26. The molecule has 6 heteroatoms. The van der Waals surface area contributed by atoms with Gasteiger partial charge in [0.1, 0.15) is 0 Å². The van der Waals surface area contributed by atoms with Crippen molar-refractivity contribution in [1.29, 1.82) is 0 Å². The first-order valence-corrected chi connectivity index (χ1v) is 6.51. The van der Waals surface area contributed by atoms with Gasteiger partial charge in [-0.05, 0) is 18.2 Å². The second-order valence-corrected chi connectivity index (χ2v) is 5.19. The van der Waals surface area contributed by atoms with Gasteiger partial charge in [-0.3, -0.25) is 4.79 Å². The van der Waals surface area contributed by atoms with Gasteiger partial charge in [-0.1, -0.05) is 11.6 Å². The third kappa shape index (κ3) is 3.59. The highest BCUT2D eigenvalue weighted by Gasteiger charge is 2.30. The Bertz CT molecular complexity index is 473. The first kappa shape index (κ1) is 14.1. The molecule has 0 unspecified atom stereocenters. The minimum absolute atomic E-state index is 0.182. The highest BCUT2D eigenvalue weighted by Crippen LogP contribution is 2.21. The van der Waals surface area contributed by atoms with Crippen LogP contribution in [0.4, 0.5) is 5.69 Å². The number of hydrogen-bond acceptors (Lipinski definition) is 4. The molecule has 1 aliphatic heterocycles. The molecule has 5 nitrogen and oxygen atoms in total. The van der Waals surface area contributed by atoms with E-state index < -0.39 is 5.60 Å². The summed E-state index contributed by atoms with van der Waals surface area (Å²) in [7, 11) is 0. The lowest BCUT2D eigenvalue weighted by Crippen LogP contribution is -2.46. The van der Waals surface area contributed by atoms with Gasteiger partial charge < -0.3 is 20.9 Å². The van der Waals surface area contributed by atoms with Gasteiger partial charge in [-0.15, -0.1) is 0 Å². The molecular weight excluding hydrogens is 268 g/mol. The van der Waals surface area contributed by atoms with Gasteiger partial charge in [0, 0.05) is 43.3 Å². The van der Waals surface area contributed by atoms with Crippen LogP contribution in [0.5, 0.6) is 0 Å². The van der Waals surface area contributed by atoms with Crippen molar-refractivity contribution in [3.8, 4) is 0 Å². The molecule has 4 N–H and O–H groups in total. The number of carbonyl (C=O) groups excluding carboxylic acids is 1. The largest absolute Gasteiger partial charge is 0.398 e. The highest BCUT2D eigenvalue weighted by atomic mass is 35.5. The number of amides is 1. The highest BCUT2D eigenvalue weighted by molar-refractivity contribution is 6.31. The number of rotatable bonds is 3. The fraction of sp³-hybridized carbons (Fsp3) is 0.462. The van der Waals surface area contributed by atoms with Crippen LogP contribution >= 0.6 is 11.6 Å². The smallest absolute Gasteiger partial charge is 0.253 e. The predicted molar refractivity (Wildman–Crippen MR) is 73.2 cm³/mol. The van der Waals surface area contributed by atoms with Crippen molar-refractivity contribution in [2.75, 3.05) is 25.5 Å². The van der Waals surface area contributed by atoms with Gasteiger partial charge in [0.05, 0.1) is 11.2 Å². The molecule has 1 aliphatic rings. The summed E-state index contributed by atoms with van der Waals surface area (Å²) in [4.78, 5) is 12.0. The van der Waals surface area contributed by atoms with Crippen molar-refractivity contribution in [1.82, 2.24) is 5.32 Å². The molecule has 1 aromatic carbocycles. The first-order valence-electron chi connectivity index (χ1n) is 6.13. The Kier molecular flexibility index (Phi) is 4.29. The average molecular weight is 285 g/mol. The summed E-state index contributed by atoms with van der Waals surface area (Å²) in [5.74, 6) is -0.333. The van der Waals surface area contributed by atoms with Crippen molar-refractivity contribution in [2.45, 2.75) is 18.4 Å². The van der Waals surface area contributed by atoms with Crippen LogP contribution in [-0.4, -0.2) is 36.4 Å². The van der Waals surface area contributed by atoms with E-state index in [2.05, 4.69) is 5.32 Å². The Morgan fingerprint density at radius 2 is 2.16 bits per heavy atom. The fourth-order valence-electron chi connectivity index (χ4n) is 1.99. The monoisotopic (exact) mass is 284 g/mol. The number of anilines is 1. The molecular formula is C13H17ClN2O3. The van der Waals surface area contributed by atoms with E-state index in [0.717, 1.165) is 0 Å². The standard InChI is InChI=1S/C13H17ClN2O3/c14-9-1-2-11(15)10(7-9)12(17)16-8-13(18)3-5-19-6-4-13/h1-2,7,18H,3-6,8,15H2,(H,16,17). The van der Waals surface area contributed by atoms with E-state index in [4.69, 9.17) is 22.1 Å². The minimum Gasteiger partial charge on any atom is -0.398 e. The van der Waals surface area contributed by atoms with Crippen molar-refractivity contribution in [2.24, 2.45) is 0 Å². The maximum atomic E-state index is 12.0. The topological polar surface area (TPSA) is 84.6 Å². The number of aliphatic hydroxyl groups is 1. The number of benzene rings is 1. The molecule has 0 radical (unpaired) electrons. The van der Waals surface area contributed by atoms with E-state index >= 15 is 0 Å². The SMILES string of the molecule is Nc1ccc(Cl)cc1C(=O)NCC1(O)CCOCC1. The van der Waals surface area contributed by atoms with E-state index in [1.54, 1.807) is 12.1 Å². The Morgan fingerprint density at radius 1 is 1.47 bits per heavy atom. The van der Waals surface area contributed by atoms with Crippen LogP contribution in [-0.2, 0) is 4.74 Å². The lowest BCUT2D eigenvalue weighted by atomic mass is 9.94. The van der Waals surface area contributed by atoms with Crippen molar-refractivity contribution < 1.29 is 14.6 Å². The van der Waals surface area contributed by atoms with Crippen LogP contribution in [0.3, 0.4) is 0 Å². The van der Waals surface area contributed by atoms with Crippen molar-refractivity contribution >= 4 is 23.2 Å². The number of carbonyl (C=O) groups is 1. The molecule has 19 heavy (non-hydrogen) atoms. The zero-order valence-corrected chi connectivity index (χ0v) is 11.2. The van der Waals surface area contributed by atoms with E-state index in [1.807, 2.05) is 0 Å². The lowest BCUT2D eigenvalue weighted by molar-refractivity contribution is -0.0605. The van der Waals surface area contributed by atoms with Crippen LogP contribution in [0.25, 0.3) is 0 Å². The van der Waals surface area contributed by atoms with Crippen LogP contribution < -0.4 is 11.1 Å². The number of ether oxygens (including phenoxy) is 1. The molecule has 1 amide bonds. The molecule has 1 saturated heterocycles. The maximum absolute atomic E-state index is 12.0. The van der Waals surface area contributed by atoms with E-state index in [0.29, 0.717) is 42.3 Å². The number of hydrogen-bond donors (Lipinski definition) is 3. The summed E-state index contributed by atoms with van der Waals surface area (Å²) in [6.45, 7) is 1.19. The maximum Gasteiger partial charge on any atom is 0.253 e. The normalized spacial score (nSPS) is 18.0. The average Bonchev–Trinajstić information content (AvgIpc) is 2.40. The summed E-state index contributed by atoms with van der Waals surface area (Å²) < 4.78 is 5.18. The summed E-state index contributed by atoms with van der Waals surface area (Å²) in [6.07, 6.45) is 1.02. The Hall–Kier alpha value is -1.30. The summed E-state index contributed by atoms with van der Waals surface area (Å²) in [5.41, 5.74) is 5.51. The summed E-state index contributed by atoms with van der Waals surface area (Å²) >= 11 is 5.84. The zero-order valence-electron chi connectivity index (χ0n) is 10.5. The molecule has 0 aromatic heterocycles. The Balaban J connectivity index is 1.99. The first-order chi connectivity index (χ1) is 9.00. The number of nitrogens with one attached hydrogen (secondary N) is 1. The summed E-state index contributed by atoms with van der Waals surface area (Å²) in [5, 5.41) is 13.4. The van der Waals surface area contributed by atoms with Gasteiger partial charge in [0.15, 0.2) is 0 Å². The van der Waals surface area contributed by atoms with Crippen LogP contribution in [0.2, 0.25) is 5.02 Å². The molecule has 0 atom stereocenters. The van der Waals surface area contributed by atoms with Gasteiger partial charge in [0.25, 0.3) is 5.91 Å². The number of halogens is 1. The Morgan fingerprint density at radius 3 is 2.84 bits per heavy atom. The second kappa shape index (κ2) is 5.77. The second-order valence-electron chi connectivity index (χ2n) is 4.75. The number of nitrogen functional groups attached to an aromatic ring is 1. The van der Waals surface area contributed by atoms with Crippen molar-refractivity contribution in [3.63, 3.8) is 0 Å². The van der Waals surface area contributed by atoms with E-state index in [1.165, 1.54) is 6.07 Å². The molecule has 0 bridgehead atoms. The van der Waals surface area contributed by atoms with E-state index in [-0.39, 0.29) is 12.5 Å². The lowest BCUT2D eigenvalue weighted by Gasteiger charge is -2.32. The molecule has 0 saturated carbocycles. The molecule has 0 aliphatic carbocycles. The molecule has 104 valence electrons. The molecule has 0 spiro atoms.